The fourth-order valence-electron chi connectivity index (χ4n) is 8.48. The zero-order valence-corrected chi connectivity index (χ0v) is 21.8. The van der Waals surface area contributed by atoms with Crippen molar-refractivity contribution in [3.05, 3.63) is 53.6 Å². The highest BCUT2D eigenvalue weighted by Crippen LogP contribution is 2.71. The predicted molar refractivity (Wildman–Crippen MR) is 140 cm³/mol. The minimum Gasteiger partial charge on any atom is -0.493 e. The van der Waals surface area contributed by atoms with Crippen molar-refractivity contribution in [2.45, 2.75) is 73.4 Å². The molecule has 3 saturated heterocycles. The summed E-state index contributed by atoms with van der Waals surface area (Å²) in [7, 11) is 1.66. The topological polar surface area (TPSA) is 80.3 Å². The fourth-order valence-corrected chi connectivity index (χ4v) is 8.48. The van der Waals surface area contributed by atoms with Gasteiger partial charge in [0.2, 0.25) is 0 Å². The maximum absolute atomic E-state index is 13.7. The van der Waals surface area contributed by atoms with Crippen molar-refractivity contribution in [1.29, 1.82) is 0 Å². The van der Waals surface area contributed by atoms with E-state index < -0.39 is 28.8 Å². The number of ether oxygens (including phenoxy) is 3. The van der Waals surface area contributed by atoms with Gasteiger partial charge in [0.05, 0.1) is 18.1 Å². The lowest BCUT2D eigenvalue weighted by Gasteiger charge is -2.72. The van der Waals surface area contributed by atoms with Gasteiger partial charge in [0.1, 0.15) is 11.7 Å². The molecule has 2 saturated carbocycles. The van der Waals surface area contributed by atoms with Gasteiger partial charge < -0.3 is 24.6 Å². The van der Waals surface area contributed by atoms with Crippen LogP contribution in [0.2, 0.25) is 0 Å². The third kappa shape index (κ3) is 2.86. The number of carbonyl (C=O) groups is 1. The molecule has 1 amide bonds. The van der Waals surface area contributed by atoms with E-state index >= 15 is 0 Å². The van der Waals surface area contributed by atoms with Crippen LogP contribution in [0.5, 0.6) is 11.5 Å². The lowest BCUT2D eigenvalue weighted by molar-refractivity contribution is -0.344. The molecule has 0 aromatic heterocycles. The van der Waals surface area contributed by atoms with Gasteiger partial charge in [-0.2, -0.15) is 0 Å². The van der Waals surface area contributed by atoms with Crippen LogP contribution in [-0.4, -0.2) is 65.6 Å². The van der Waals surface area contributed by atoms with Crippen LogP contribution in [0.1, 0.15) is 43.2 Å². The van der Waals surface area contributed by atoms with Crippen LogP contribution in [0.15, 0.2) is 42.5 Å². The number of nitrogens with zero attached hydrogens (tertiary/aromatic N) is 1. The molecule has 3 aliphatic carbocycles. The number of likely N-dealkylation sites (tertiary alicyclic amines) is 1. The number of piperidine rings is 1. The van der Waals surface area contributed by atoms with Crippen LogP contribution in [0, 0.1) is 5.92 Å². The molecule has 5 fully saturated rings. The van der Waals surface area contributed by atoms with Crippen molar-refractivity contribution < 1.29 is 24.1 Å². The summed E-state index contributed by atoms with van der Waals surface area (Å²) in [5, 5.41) is 15.3. The summed E-state index contributed by atoms with van der Waals surface area (Å²) in [5.74, 6) is 1.90. The molecular formula is C29H33ClN2O5. The molecule has 2 N–H and O–H groups in total. The molecule has 5 unspecified atom stereocenters. The smallest absolute Gasteiger partial charge is 0.256 e. The van der Waals surface area contributed by atoms with Gasteiger partial charge in [-0.1, -0.05) is 24.3 Å². The first kappa shape index (κ1) is 23.8. The number of amides is 1. The second-order valence-electron chi connectivity index (χ2n) is 11.7. The molecular weight excluding hydrogens is 492 g/mol. The summed E-state index contributed by atoms with van der Waals surface area (Å²) in [6.07, 6.45) is 3.96. The monoisotopic (exact) mass is 524 g/mol. The van der Waals surface area contributed by atoms with Crippen molar-refractivity contribution in [3.8, 4) is 11.5 Å². The number of hydrogen-bond donors (Lipinski definition) is 2. The lowest BCUT2D eigenvalue weighted by Crippen LogP contribution is -2.87. The number of anilines is 1. The van der Waals surface area contributed by atoms with E-state index in [2.05, 4.69) is 16.3 Å². The SMILES string of the molecule is COc1ccc2c3c1OC1C4(O)CCC5(O[C@H]4C(=O)Nc4ccccc4)C(C2)N(CC2CC2)CCC315.Cl. The highest BCUT2D eigenvalue weighted by Gasteiger charge is 2.82. The summed E-state index contributed by atoms with van der Waals surface area (Å²) in [5.41, 5.74) is 0.637. The summed E-state index contributed by atoms with van der Waals surface area (Å²) in [4.78, 5) is 16.3. The maximum Gasteiger partial charge on any atom is 0.256 e. The number of hydrogen-bond acceptors (Lipinski definition) is 6. The molecule has 8 heteroatoms. The number of para-hydroxylation sites is 1. The number of rotatable bonds is 5. The second-order valence-corrected chi connectivity index (χ2v) is 11.7. The molecule has 6 atom stereocenters. The second kappa shape index (κ2) is 7.85. The van der Waals surface area contributed by atoms with Crippen molar-refractivity contribution in [3.63, 3.8) is 0 Å². The van der Waals surface area contributed by atoms with Crippen LogP contribution < -0.4 is 14.8 Å². The average Bonchev–Trinajstić information content (AvgIpc) is 3.63. The molecule has 7 nitrogen and oxygen atoms in total. The Morgan fingerprint density at radius 3 is 2.73 bits per heavy atom. The normalized spacial score (nSPS) is 38.3. The van der Waals surface area contributed by atoms with Crippen LogP contribution in [-0.2, 0) is 21.4 Å². The number of methoxy groups -OCH3 is 1. The van der Waals surface area contributed by atoms with Gasteiger partial charge in [0, 0.05) is 23.8 Å². The summed E-state index contributed by atoms with van der Waals surface area (Å²) in [6, 6.07) is 13.7. The zero-order valence-electron chi connectivity index (χ0n) is 20.9. The van der Waals surface area contributed by atoms with Crippen LogP contribution in [0.25, 0.3) is 0 Å². The Kier molecular flexibility index (Phi) is 5.05. The quantitative estimate of drug-likeness (QED) is 0.623. The first-order chi connectivity index (χ1) is 17.5. The number of fused-ring (bicyclic) bond motifs is 2. The van der Waals surface area contributed by atoms with Gasteiger partial charge in [-0.15, -0.1) is 12.4 Å². The molecule has 0 radical (unpaired) electrons. The summed E-state index contributed by atoms with van der Waals surface area (Å²) < 4.78 is 19.5. The summed E-state index contributed by atoms with van der Waals surface area (Å²) in [6.45, 7) is 2.04. The Morgan fingerprint density at radius 2 is 1.97 bits per heavy atom. The van der Waals surface area contributed by atoms with Gasteiger partial charge in [0.15, 0.2) is 17.6 Å². The predicted octanol–water partition coefficient (Wildman–Crippen LogP) is 3.46. The number of aliphatic hydroxyl groups is 1. The van der Waals surface area contributed by atoms with Crippen LogP contribution >= 0.6 is 12.4 Å². The molecule has 4 bridgehead atoms. The Morgan fingerprint density at radius 1 is 1.16 bits per heavy atom. The molecule has 4 aliphatic heterocycles. The van der Waals surface area contributed by atoms with E-state index in [0.717, 1.165) is 49.6 Å². The summed E-state index contributed by atoms with van der Waals surface area (Å²) >= 11 is 0. The molecule has 9 rings (SSSR count). The standard InChI is InChI=1S/C29H32N2O5.ClH/c1-34-20-10-9-18-15-21-29-12-11-28(33,24(36-29)25(32)30-19-5-3-2-4-6-19)26-27(29,22(18)23(20)35-26)13-14-31(21)16-17-7-8-17;/h2-6,9-10,17,21,24,26,33H,7-8,11-16H2,1H3,(H,30,32);1H/t21?,24-,26?,27?,28?,29?;/m0./s1. The molecule has 7 aliphatic rings. The highest BCUT2D eigenvalue weighted by molar-refractivity contribution is 5.95. The number of nitrogens with one attached hydrogen (secondary N) is 1. The lowest BCUT2D eigenvalue weighted by atomic mass is 9.44. The van der Waals surface area contributed by atoms with E-state index in [1.165, 1.54) is 18.4 Å². The third-order valence-corrected chi connectivity index (χ3v) is 10.1. The van der Waals surface area contributed by atoms with E-state index in [-0.39, 0.29) is 24.4 Å². The van der Waals surface area contributed by atoms with Gasteiger partial charge in [0.25, 0.3) is 5.91 Å². The molecule has 4 heterocycles. The Balaban J connectivity index is 0.00000231. The number of halogens is 1. The molecule has 2 spiro atoms. The Hall–Kier alpha value is -2.32. The van der Waals surface area contributed by atoms with E-state index in [9.17, 15) is 9.90 Å². The molecule has 196 valence electrons. The number of carbonyl (C=O) groups excluding carboxylic acids is 1. The first-order valence-electron chi connectivity index (χ1n) is 13.4. The fraction of sp³-hybridized carbons (Fsp3) is 0.552. The van der Waals surface area contributed by atoms with Crippen molar-refractivity contribution in [2.24, 2.45) is 5.92 Å². The number of benzene rings is 2. The van der Waals surface area contributed by atoms with Crippen LogP contribution in [0.3, 0.4) is 0 Å². The zero-order chi connectivity index (χ0) is 24.3. The first-order valence-corrected chi connectivity index (χ1v) is 13.4. The van der Waals surface area contributed by atoms with E-state index in [4.69, 9.17) is 14.2 Å². The maximum atomic E-state index is 13.7. The molecule has 37 heavy (non-hydrogen) atoms. The third-order valence-electron chi connectivity index (χ3n) is 10.1. The Labute approximate surface area is 222 Å². The van der Waals surface area contributed by atoms with E-state index in [1.54, 1.807) is 7.11 Å². The van der Waals surface area contributed by atoms with Gasteiger partial charge >= 0.3 is 0 Å². The van der Waals surface area contributed by atoms with Crippen LogP contribution in [0.4, 0.5) is 5.69 Å². The van der Waals surface area contributed by atoms with Gasteiger partial charge in [-0.3, -0.25) is 9.69 Å². The van der Waals surface area contributed by atoms with E-state index in [1.807, 2.05) is 36.4 Å². The van der Waals surface area contributed by atoms with Crippen molar-refractivity contribution in [2.75, 3.05) is 25.5 Å². The molecule has 2 aromatic rings. The molecule has 2 aromatic carbocycles. The van der Waals surface area contributed by atoms with Crippen molar-refractivity contribution >= 4 is 24.0 Å². The Bertz CT molecular complexity index is 1270. The van der Waals surface area contributed by atoms with Crippen molar-refractivity contribution in [1.82, 2.24) is 4.90 Å². The minimum atomic E-state index is -1.43. The van der Waals surface area contributed by atoms with Gasteiger partial charge in [-0.05, 0) is 74.8 Å². The highest BCUT2D eigenvalue weighted by atomic mass is 35.5. The van der Waals surface area contributed by atoms with E-state index in [0.29, 0.717) is 17.9 Å². The largest absolute Gasteiger partial charge is 0.493 e. The average molecular weight is 525 g/mol. The minimum absolute atomic E-state index is 0. The van der Waals surface area contributed by atoms with Gasteiger partial charge in [-0.25, -0.2) is 0 Å².